The molecule has 0 radical (unpaired) electrons. The summed E-state index contributed by atoms with van der Waals surface area (Å²) in [6.45, 7) is 2.88. The predicted octanol–water partition coefficient (Wildman–Crippen LogP) is -1.15. The van der Waals surface area contributed by atoms with Gasteiger partial charge >= 0.3 is 23.9 Å². The quantitative estimate of drug-likeness (QED) is 0.0458. The van der Waals surface area contributed by atoms with Crippen LogP contribution in [-0.4, -0.2) is 196 Å². The molecule has 3 unspecified atom stereocenters. The molecule has 0 heterocycles. The highest BCUT2D eigenvalue weighted by Crippen LogP contribution is 2.68. The van der Waals surface area contributed by atoms with Crippen LogP contribution in [0.15, 0.2) is 0 Å². The molecule has 10 N–H and O–H groups in total. The maximum Gasteiger partial charge on any atom is 0.317 e. The van der Waals surface area contributed by atoms with Gasteiger partial charge in [-0.15, -0.1) is 0 Å². The number of carbonyl (C=O) groups is 7. The van der Waals surface area contributed by atoms with Crippen LogP contribution < -0.4 is 16.0 Å². The smallest absolute Gasteiger partial charge is 0.317 e. The van der Waals surface area contributed by atoms with E-state index in [4.69, 9.17) is 14.8 Å². The normalized spacial score (nSPS) is 30.2. The summed E-state index contributed by atoms with van der Waals surface area (Å²) < 4.78 is 31.0. The molecular formula is C42H70N6O16S. The van der Waals surface area contributed by atoms with E-state index in [0.717, 1.165) is 24.2 Å². The van der Waals surface area contributed by atoms with Crippen molar-refractivity contribution < 1.29 is 77.2 Å². The van der Waals surface area contributed by atoms with Crippen LogP contribution in [0.4, 0.5) is 0 Å². The summed E-state index contributed by atoms with van der Waals surface area (Å²) in [5.74, 6) is -6.63. The van der Waals surface area contributed by atoms with Gasteiger partial charge in [0.05, 0.1) is 57.2 Å². The number of amides is 3. The summed E-state index contributed by atoms with van der Waals surface area (Å²) in [6, 6.07) is -0.229. The van der Waals surface area contributed by atoms with Crippen molar-refractivity contribution in [3.63, 3.8) is 0 Å². The van der Waals surface area contributed by atoms with E-state index in [-0.39, 0.29) is 98.6 Å². The molecule has 11 atom stereocenters. The van der Waals surface area contributed by atoms with E-state index in [1.807, 2.05) is 0 Å². The SMILES string of the molecule is C[C@H](CCC(=O)NCCS(=O)(=O)O)[C@H]1CCC2C3C(C[C@H](O)[C@@]21C)[C@@]1(C)CC[C@H](NC(=O)CNC(=O)CN(CCN(CCN(CC(=O)O)CC(=O)O)CC(=O)O)CC(=O)O)C[C@H]1C[C@H]3O. The average molecular weight is 947 g/mol. The lowest BCUT2D eigenvalue weighted by molar-refractivity contribution is -0.202. The van der Waals surface area contributed by atoms with Crippen LogP contribution >= 0.6 is 0 Å². The molecule has 0 aromatic carbocycles. The summed E-state index contributed by atoms with van der Waals surface area (Å²) in [6.07, 6.45) is 4.26. The van der Waals surface area contributed by atoms with Crippen LogP contribution in [0, 0.1) is 46.3 Å². The van der Waals surface area contributed by atoms with Crippen molar-refractivity contribution in [1.82, 2.24) is 30.7 Å². The number of rotatable bonds is 26. The van der Waals surface area contributed by atoms with Crippen molar-refractivity contribution in [2.75, 3.05) is 77.7 Å². The third kappa shape index (κ3) is 15.0. The van der Waals surface area contributed by atoms with Crippen molar-refractivity contribution in [2.45, 2.75) is 96.8 Å². The first-order chi connectivity index (χ1) is 30.3. The van der Waals surface area contributed by atoms with Crippen molar-refractivity contribution in [3.8, 4) is 0 Å². The number of aliphatic carboxylic acids is 4. The fourth-order valence-electron chi connectivity index (χ4n) is 12.0. The number of hydrogen-bond donors (Lipinski definition) is 10. The molecule has 0 aromatic heterocycles. The molecule has 4 aliphatic carbocycles. The molecule has 23 heteroatoms. The summed E-state index contributed by atoms with van der Waals surface area (Å²) >= 11 is 0. The van der Waals surface area contributed by atoms with E-state index in [0.29, 0.717) is 32.1 Å². The highest BCUT2D eigenvalue weighted by Gasteiger charge is 2.65. The summed E-state index contributed by atoms with van der Waals surface area (Å²) in [5.41, 5.74) is -0.666. The molecule has 4 saturated carbocycles. The third-order valence-corrected chi connectivity index (χ3v) is 15.9. The van der Waals surface area contributed by atoms with Gasteiger partial charge in [0.15, 0.2) is 0 Å². The van der Waals surface area contributed by atoms with Crippen molar-refractivity contribution in [2.24, 2.45) is 46.3 Å². The lowest BCUT2D eigenvalue weighted by Gasteiger charge is -2.63. The minimum absolute atomic E-state index is 0.0223. The second kappa shape index (κ2) is 23.1. The van der Waals surface area contributed by atoms with E-state index in [2.05, 4.69) is 36.7 Å². The number of nitrogens with one attached hydrogen (secondary N) is 3. The largest absolute Gasteiger partial charge is 0.480 e. The monoisotopic (exact) mass is 946 g/mol. The fraction of sp³-hybridized carbons (Fsp3) is 0.833. The topological polar surface area (TPSA) is 341 Å². The molecule has 4 rings (SSSR count). The zero-order valence-electron chi connectivity index (χ0n) is 37.6. The Morgan fingerprint density at radius 1 is 0.692 bits per heavy atom. The van der Waals surface area contributed by atoms with Crippen LogP contribution in [0.1, 0.15) is 78.6 Å². The number of carboxylic acid groups (broad SMARTS) is 4. The highest BCUT2D eigenvalue weighted by molar-refractivity contribution is 7.85. The molecule has 0 aromatic rings. The second-order valence-electron chi connectivity index (χ2n) is 19.3. The average Bonchev–Trinajstić information content (AvgIpc) is 3.55. The van der Waals surface area contributed by atoms with E-state index >= 15 is 0 Å². The first kappa shape index (κ1) is 53.6. The van der Waals surface area contributed by atoms with Crippen molar-refractivity contribution in [3.05, 3.63) is 0 Å². The Morgan fingerprint density at radius 2 is 1.25 bits per heavy atom. The third-order valence-electron chi connectivity index (χ3n) is 15.1. The van der Waals surface area contributed by atoms with Gasteiger partial charge in [0, 0.05) is 45.2 Å². The first-order valence-electron chi connectivity index (χ1n) is 22.5. The maximum atomic E-state index is 13.1. The molecule has 4 aliphatic rings. The van der Waals surface area contributed by atoms with Gasteiger partial charge < -0.3 is 46.6 Å². The number of carboxylic acids is 4. The van der Waals surface area contributed by atoms with Gasteiger partial charge in [-0.05, 0) is 97.7 Å². The lowest BCUT2D eigenvalue weighted by Crippen LogP contribution is -2.63. The van der Waals surface area contributed by atoms with Crippen LogP contribution in [0.25, 0.3) is 0 Å². The zero-order valence-corrected chi connectivity index (χ0v) is 38.4. The van der Waals surface area contributed by atoms with E-state index < -0.39 is 102 Å². The van der Waals surface area contributed by atoms with Crippen LogP contribution in [-0.2, 0) is 43.7 Å². The minimum Gasteiger partial charge on any atom is -0.480 e. The van der Waals surface area contributed by atoms with Crippen LogP contribution in [0.3, 0.4) is 0 Å². The number of nitrogens with zero attached hydrogens (tertiary/aromatic N) is 3. The van der Waals surface area contributed by atoms with Crippen LogP contribution in [0.2, 0.25) is 0 Å². The Balaban J connectivity index is 1.28. The first-order valence-corrected chi connectivity index (χ1v) is 24.1. The fourth-order valence-corrected chi connectivity index (χ4v) is 12.4. The Bertz CT molecular complexity index is 1820. The molecular weight excluding hydrogens is 877 g/mol. The van der Waals surface area contributed by atoms with Gasteiger partial charge in [0.25, 0.3) is 10.1 Å². The molecule has 65 heavy (non-hydrogen) atoms. The predicted molar refractivity (Wildman–Crippen MR) is 231 cm³/mol. The van der Waals surface area contributed by atoms with Gasteiger partial charge in [0.2, 0.25) is 17.7 Å². The lowest BCUT2D eigenvalue weighted by atomic mass is 9.43. The number of aliphatic hydroxyl groups is 2. The second-order valence-corrected chi connectivity index (χ2v) is 20.9. The van der Waals surface area contributed by atoms with E-state index in [1.165, 1.54) is 9.80 Å². The van der Waals surface area contributed by atoms with Crippen LogP contribution in [0.5, 0.6) is 0 Å². The molecule has 0 aliphatic heterocycles. The Labute approximate surface area is 379 Å². The van der Waals surface area contributed by atoms with Gasteiger partial charge in [-0.25, -0.2) is 0 Å². The van der Waals surface area contributed by atoms with Gasteiger partial charge in [0.1, 0.15) is 0 Å². The summed E-state index contributed by atoms with van der Waals surface area (Å²) in [5, 5.41) is 69.0. The van der Waals surface area contributed by atoms with Gasteiger partial charge in [-0.1, -0.05) is 20.8 Å². The Morgan fingerprint density at radius 3 is 1.82 bits per heavy atom. The zero-order chi connectivity index (χ0) is 48.4. The van der Waals surface area contributed by atoms with E-state index in [1.54, 1.807) is 0 Å². The Hall–Kier alpha value is -4.00. The molecule has 0 bridgehead atoms. The van der Waals surface area contributed by atoms with Crippen molar-refractivity contribution >= 4 is 51.7 Å². The number of carbonyl (C=O) groups excluding carboxylic acids is 3. The Kier molecular flexibility index (Phi) is 19.1. The summed E-state index contributed by atoms with van der Waals surface area (Å²) in [4.78, 5) is 87.7. The minimum atomic E-state index is -4.18. The van der Waals surface area contributed by atoms with Gasteiger partial charge in [-0.3, -0.25) is 52.8 Å². The summed E-state index contributed by atoms with van der Waals surface area (Å²) in [7, 11) is -4.18. The molecule has 3 amide bonds. The molecule has 22 nitrogen and oxygen atoms in total. The maximum absolute atomic E-state index is 13.1. The molecule has 0 saturated heterocycles. The molecule has 370 valence electrons. The molecule has 4 fully saturated rings. The standard InChI is InChI=1S/C42H70N6O16S/c1-25(4-7-33(51)43-10-15-65(62,63)64)28-5-6-29-40-30(18-32(50)42(28,29)3)41(2)9-8-27(16-26(41)17-31(40)49)45-34(52)19-44-35(53)20-47(22-37(56)57)13-11-46(21-36(54)55)12-14-48(23-38(58)59)24-39(60)61/h25-32,40,49-50H,4-24H2,1-3H3,(H,43,51)(H,44,53)(H,45,52)(H,54,55)(H,56,57)(H,58,59)(H,60,61)(H,62,63,64)/t25-,26+,27+,28-,29?,30?,31-,32+,40?,41+,42-/m1/s1. The highest BCUT2D eigenvalue weighted by atomic mass is 32.2. The number of fused-ring (bicyclic) bond motifs is 5. The number of hydrogen-bond acceptors (Lipinski definition) is 14. The van der Waals surface area contributed by atoms with Crippen molar-refractivity contribution in [1.29, 1.82) is 0 Å². The van der Waals surface area contributed by atoms with E-state index in [9.17, 15) is 62.4 Å². The van der Waals surface area contributed by atoms with Gasteiger partial charge in [-0.2, -0.15) is 8.42 Å². The molecule has 0 spiro atoms. The number of aliphatic hydroxyl groups excluding tert-OH is 2.